The number of hydrogen-bond acceptors (Lipinski definition) is 6. The van der Waals surface area contributed by atoms with Crippen molar-refractivity contribution in [3.8, 4) is 33.7 Å². The van der Waals surface area contributed by atoms with Crippen molar-refractivity contribution < 1.29 is 5.11 Å². The third-order valence-electron chi connectivity index (χ3n) is 6.90. The van der Waals surface area contributed by atoms with Gasteiger partial charge in [-0.05, 0) is 60.0 Å². The molecular formula is C27H26ClN7O2. The van der Waals surface area contributed by atoms with Crippen molar-refractivity contribution in [1.29, 1.82) is 0 Å². The Kier molecular flexibility index (Phi) is 5.73. The van der Waals surface area contributed by atoms with Crippen LogP contribution in [0.25, 0.3) is 39.0 Å². The van der Waals surface area contributed by atoms with Crippen molar-refractivity contribution in [2.45, 2.75) is 6.92 Å². The molecule has 1 fully saturated rings. The second-order valence-electron chi connectivity index (χ2n) is 9.38. The van der Waals surface area contributed by atoms with Gasteiger partial charge in [0.2, 0.25) is 0 Å². The molecule has 188 valence electrons. The number of piperazine rings is 1. The topological polar surface area (TPSA) is 104 Å². The predicted octanol–water partition coefficient (Wildman–Crippen LogP) is 3.86. The Balaban J connectivity index is 1.46. The number of hydrogen-bond donors (Lipinski definition) is 3. The second-order valence-corrected chi connectivity index (χ2v) is 9.78. The number of benzene rings is 3. The van der Waals surface area contributed by atoms with E-state index in [0.717, 1.165) is 59.6 Å². The summed E-state index contributed by atoms with van der Waals surface area (Å²) in [5.74, 6) is 0.157. The van der Waals surface area contributed by atoms with E-state index >= 15 is 0 Å². The van der Waals surface area contributed by atoms with Gasteiger partial charge in [0, 0.05) is 56.7 Å². The zero-order valence-corrected chi connectivity index (χ0v) is 21.3. The van der Waals surface area contributed by atoms with Gasteiger partial charge in [-0.2, -0.15) is 0 Å². The fourth-order valence-electron chi connectivity index (χ4n) is 4.98. The third-order valence-corrected chi connectivity index (χ3v) is 7.20. The summed E-state index contributed by atoms with van der Waals surface area (Å²) < 4.78 is 2.99. The number of nitrogens with one attached hydrogen (secondary N) is 2. The van der Waals surface area contributed by atoms with Crippen LogP contribution in [0.5, 0.6) is 5.75 Å². The molecule has 3 heterocycles. The first-order valence-electron chi connectivity index (χ1n) is 12.1. The van der Waals surface area contributed by atoms with E-state index in [1.807, 2.05) is 31.2 Å². The highest BCUT2D eigenvalue weighted by Gasteiger charge is 2.20. The lowest BCUT2D eigenvalue weighted by Gasteiger charge is -2.30. The smallest absolute Gasteiger partial charge is 0.332 e. The van der Waals surface area contributed by atoms with Gasteiger partial charge in [-0.1, -0.05) is 22.9 Å². The molecule has 0 bridgehead atoms. The maximum atomic E-state index is 12.4. The number of aromatic nitrogens is 5. The van der Waals surface area contributed by atoms with Crippen molar-refractivity contribution in [2.75, 3.05) is 31.1 Å². The van der Waals surface area contributed by atoms with E-state index in [9.17, 15) is 9.90 Å². The van der Waals surface area contributed by atoms with Gasteiger partial charge in [-0.25, -0.2) is 4.79 Å². The minimum atomic E-state index is -0.181. The van der Waals surface area contributed by atoms with E-state index in [4.69, 9.17) is 11.6 Å². The van der Waals surface area contributed by atoms with Gasteiger partial charge in [0.15, 0.2) is 0 Å². The molecule has 0 aliphatic carbocycles. The van der Waals surface area contributed by atoms with Gasteiger partial charge in [-0.3, -0.25) is 9.67 Å². The molecule has 6 rings (SSSR count). The molecular weight excluding hydrogens is 490 g/mol. The largest absolute Gasteiger partial charge is 0.507 e. The van der Waals surface area contributed by atoms with E-state index in [1.54, 1.807) is 31.6 Å². The van der Waals surface area contributed by atoms with Gasteiger partial charge in [0.05, 0.1) is 21.9 Å². The fraction of sp³-hybridized carbons (Fsp3) is 0.222. The molecule has 2 aromatic heterocycles. The van der Waals surface area contributed by atoms with E-state index in [2.05, 4.69) is 31.7 Å². The van der Waals surface area contributed by atoms with Gasteiger partial charge in [-0.15, -0.1) is 5.10 Å². The molecule has 5 aromatic rings. The first-order chi connectivity index (χ1) is 17.9. The minimum absolute atomic E-state index is 0.157. The third kappa shape index (κ3) is 4.06. The molecule has 3 aromatic carbocycles. The number of anilines is 1. The highest BCUT2D eigenvalue weighted by molar-refractivity contribution is 6.32. The van der Waals surface area contributed by atoms with Crippen LogP contribution in [-0.2, 0) is 7.05 Å². The van der Waals surface area contributed by atoms with Crippen LogP contribution in [-0.4, -0.2) is 55.8 Å². The van der Waals surface area contributed by atoms with Gasteiger partial charge in [0.1, 0.15) is 11.3 Å². The summed E-state index contributed by atoms with van der Waals surface area (Å²) in [5, 5.41) is 26.6. The van der Waals surface area contributed by atoms with E-state index in [1.165, 1.54) is 9.13 Å². The maximum absolute atomic E-state index is 12.4. The molecule has 10 heteroatoms. The van der Waals surface area contributed by atoms with Crippen LogP contribution in [0.1, 0.15) is 5.56 Å². The molecule has 1 aliphatic heterocycles. The van der Waals surface area contributed by atoms with Crippen molar-refractivity contribution in [1.82, 2.24) is 29.9 Å². The van der Waals surface area contributed by atoms with Crippen LogP contribution in [0.2, 0.25) is 5.02 Å². The van der Waals surface area contributed by atoms with Crippen LogP contribution < -0.4 is 15.9 Å². The lowest BCUT2D eigenvalue weighted by atomic mass is 9.94. The molecule has 9 nitrogen and oxygen atoms in total. The van der Waals surface area contributed by atoms with Crippen molar-refractivity contribution in [3.63, 3.8) is 0 Å². The second kappa shape index (κ2) is 9.10. The quantitative estimate of drug-likeness (QED) is 0.336. The summed E-state index contributed by atoms with van der Waals surface area (Å²) in [7, 11) is 1.69. The van der Waals surface area contributed by atoms with E-state index in [-0.39, 0.29) is 11.4 Å². The monoisotopic (exact) mass is 515 g/mol. The summed E-state index contributed by atoms with van der Waals surface area (Å²) in [6.07, 6.45) is 3.37. The first kappa shape index (κ1) is 23.3. The number of nitrogens with zero attached hydrogens (tertiary/aromatic N) is 5. The molecule has 1 aliphatic rings. The Bertz CT molecular complexity index is 1700. The summed E-state index contributed by atoms with van der Waals surface area (Å²) in [6, 6.07) is 13.4. The summed E-state index contributed by atoms with van der Waals surface area (Å²) in [4.78, 5) is 14.7. The lowest BCUT2D eigenvalue weighted by Crippen LogP contribution is -2.43. The Morgan fingerprint density at radius 2 is 1.73 bits per heavy atom. The summed E-state index contributed by atoms with van der Waals surface area (Å²) in [5.41, 5.74) is 7.02. The predicted molar refractivity (Wildman–Crippen MR) is 146 cm³/mol. The number of aromatic hydroxyl groups is 1. The maximum Gasteiger partial charge on any atom is 0.332 e. The number of aromatic amines is 1. The van der Waals surface area contributed by atoms with Crippen LogP contribution in [0, 0.1) is 6.92 Å². The molecule has 0 amide bonds. The van der Waals surface area contributed by atoms with Gasteiger partial charge >= 0.3 is 5.69 Å². The highest BCUT2D eigenvalue weighted by atomic mass is 35.5. The molecule has 0 spiro atoms. The zero-order chi connectivity index (χ0) is 25.7. The molecule has 0 radical (unpaired) electrons. The fourth-order valence-corrected chi connectivity index (χ4v) is 5.25. The van der Waals surface area contributed by atoms with Crippen molar-refractivity contribution >= 4 is 28.3 Å². The average molecular weight is 516 g/mol. The summed E-state index contributed by atoms with van der Waals surface area (Å²) in [6.45, 7) is 5.53. The molecule has 0 saturated carbocycles. The molecule has 0 atom stereocenters. The minimum Gasteiger partial charge on any atom is -0.507 e. The lowest BCUT2D eigenvalue weighted by molar-refractivity contribution is 0.479. The Labute approximate surface area is 217 Å². The van der Waals surface area contributed by atoms with Gasteiger partial charge in [0.25, 0.3) is 0 Å². The molecule has 1 saturated heterocycles. The zero-order valence-electron chi connectivity index (χ0n) is 20.5. The van der Waals surface area contributed by atoms with Crippen LogP contribution in [0.4, 0.5) is 5.69 Å². The van der Waals surface area contributed by atoms with Crippen molar-refractivity contribution in [3.05, 3.63) is 75.9 Å². The molecule has 37 heavy (non-hydrogen) atoms. The SMILES string of the molecule is Cc1cc(-c2ccc(-n3ccn(C)c3=O)c(Cl)c2)c(O)c(-c2cc(N3CCNCC3)c3nn[nH]c3c2)c1. The van der Waals surface area contributed by atoms with Crippen molar-refractivity contribution in [2.24, 2.45) is 7.05 Å². The Morgan fingerprint density at radius 3 is 2.43 bits per heavy atom. The number of H-pyrrole nitrogens is 1. The molecule has 3 N–H and O–H groups in total. The van der Waals surface area contributed by atoms with E-state index in [0.29, 0.717) is 21.8 Å². The Hall–Kier alpha value is -4.08. The number of phenols is 1. The number of phenolic OH excluding ortho intramolecular Hbond substituents is 1. The number of aryl methyl sites for hydroxylation is 2. The highest BCUT2D eigenvalue weighted by Crippen LogP contribution is 2.42. The summed E-state index contributed by atoms with van der Waals surface area (Å²) >= 11 is 6.62. The number of imidazole rings is 1. The number of fused-ring (bicyclic) bond motifs is 1. The van der Waals surface area contributed by atoms with Crippen LogP contribution in [0.3, 0.4) is 0 Å². The van der Waals surface area contributed by atoms with Crippen LogP contribution >= 0.6 is 11.6 Å². The first-order valence-corrected chi connectivity index (χ1v) is 12.5. The Morgan fingerprint density at radius 1 is 0.973 bits per heavy atom. The van der Waals surface area contributed by atoms with Gasteiger partial charge < -0.3 is 19.9 Å². The average Bonchev–Trinajstić information content (AvgIpc) is 3.51. The normalized spacial score (nSPS) is 14.0. The number of rotatable bonds is 4. The molecule has 0 unspecified atom stereocenters. The van der Waals surface area contributed by atoms with Crippen LogP contribution in [0.15, 0.2) is 59.7 Å². The number of halogens is 1. The van der Waals surface area contributed by atoms with E-state index < -0.39 is 0 Å². The standard InChI is InChI=1S/C27H26ClN7O2/c1-16-11-19(17-3-4-23(21(28)13-17)35-10-9-33(2)27(35)37)26(36)20(12-16)18-14-22-25(31-32-30-22)24(15-18)34-7-5-29-6-8-34/h3-4,9-15,29,36H,5-8H2,1-2H3,(H,30,31,32).